The molecule has 174 valence electrons. The molecule has 0 radical (unpaired) electrons. The number of aliphatic hydroxyl groups excluding tert-OH is 1. The number of rotatable bonds is 11. The number of hydrogen-bond acceptors (Lipinski definition) is 7. The molecular formula is C21H28F3NO4S2. The number of thiazole rings is 1. The van der Waals surface area contributed by atoms with Crippen LogP contribution in [0.5, 0.6) is 0 Å². The molecule has 31 heavy (non-hydrogen) atoms. The summed E-state index contributed by atoms with van der Waals surface area (Å²) < 4.78 is 42.7. The largest absolute Gasteiger partial charge is 0.464 e. The molecule has 1 heterocycles. The van der Waals surface area contributed by atoms with E-state index in [9.17, 15) is 28.2 Å². The Hall–Kier alpha value is -1.36. The first-order valence-electron chi connectivity index (χ1n) is 10.1. The zero-order chi connectivity index (χ0) is 23.0. The predicted molar refractivity (Wildman–Crippen MR) is 115 cm³/mol. The quantitative estimate of drug-likeness (QED) is 0.253. The number of aromatic nitrogens is 1. The monoisotopic (exact) mass is 479 g/mol. The molecule has 1 aliphatic carbocycles. The van der Waals surface area contributed by atoms with Crippen LogP contribution in [0.15, 0.2) is 33.8 Å². The van der Waals surface area contributed by atoms with Gasteiger partial charge < -0.3 is 14.9 Å². The Morgan fingerprint density at radius 2 is 2.16 bits per heavy atom. The maximum Gasteiger partial charge on any atom is 0.357 e. The lowest BCUT2D eigenvalue weighted by Crippen LogP contribution is -2.23. The van der Waals surface area contributed by atoms with Crippen molar-refractivity contribution in [1.82, 2.24) is 4.98 Å². The first-order chi connectivity index (χ1) is 14.6. The van der Waals surface area contributed by atoms with Gasteiger partial charge in [0, 0.05) is 17.6 Å². The fraction of sp³-hybridized carbons (Fsp3) is 0.619. The Balaban J connectivity index is 1.82. The van der Waals surface area contributed by atoms with E-state index in [1.54, 1.807) is 11.5 Å². The lowest BCUT2D eigenvalue weighted by Gasteiger charge is -2.22. The van der Waals surface area contributed by atoms with Crippen LogP contribution in [0, 0.1) is 11.8 Å². The molecule has 0 bridgehead atoms. The maximum atomic E-state index is 13.0. The molecule has 0 spiro atoms. The number of aliphatic hydroxyl groups is 2. The number of carbonyl (C=O) groups excluding carboxylic acids is 1. The van der Waals surface area contributed by atoms with E-state index in [1.165, 1.54) is 37.1 Å². The third-order valence-corrected chi connectivity index (χ3v) is 7.48. The summed E-state index contributed by atoms with van der Waals surface area (Å²) in [6.45, 7) is 1.50. The maximum absolute atomic E-state index is 13.0. The van der Waals surface area contributed by atoms with Gasteiger partial charge in [0.25, 0.3) is 0 Å². The van der Waals surface area contributed by atoms with Crippen LogP contribution in [-0.2, 0) is 4.74 Å². The molecule has 1 aliphatic rings. The van der Waals surface area contributed by atoms with Crippen molar-refractivity contribution in [3.8, 4) is 0 Å². The second kappa shape index (κ2) is 12.0. The van der Waals surface area contributed by atoms with Crippen LogP contribution in [-0.4, -0.2) is 45.7 Å². The molecule has 4 atom stereocenters. The van der Waals surface area contributed by atoms with Crippen LogP contribution in [0.3, 0.4) is 0 Å². The van der Waals surface area contributed by atoms with Crippen molar-refractivity contribution in [1.29, 1.82) is 0 Å². The SMILES string of the molecule is COC(=O)c1csc(SCC[C@H]2[C@@H](O)CC[C@@H]2/C=C/C[C@@](C)(O)CCC(F)=C(F)F)n1. The van der Waals surface area contributed by atoms with E-state index >= 15 is 0 Å². The van der Waals surface area contributed by atoms with Gasteiger partial charge in [0.1, 0.15) is 0 Å². The molecule has 2 rings (SSSR count). The van der Waals surface area contributed by atoms with Crippen molar-refractivity contribution < 1.29 is 32.9 Å². The van der Waals surface area contributed by atoms with E-state index in [-0.39, 0.29) is 30.4 Å². The summed E-state index contributed by atoms with van der Waals surface area (Å²) in [6, 6.07) is 0. The van der Waals surface area contributed by atoms with Crippen LogP contribution >= 0.6 is 23.1 Å². The minimum absolute atomic E-state index is 0.0646. The van der Waals surface area contributed by atoms with E-state index in [1.807, 2.05) is 6.08 Å². The normalized spacial score (nSPS) is 23.1. The standard InChI is InChI=1S/C21H28F3NO4S2/c1-21(28,10-7-15(22)18(23)24)9-3-4-13-5-6-17(26)14(13)8-11-30-20-25-16(12-31-20)19(27)29-2/h3-4,12-14,17,26,28H,5-11H2,1-2H3/b4-3+/t13-,14+,17-,21+/m0/s1. The minimum atomic E-state index is -2.34. The first-order valence-corrected chi connectivity index (χ1v) is 11.9. The molecule has 0 unspecified atom stereocenters. The number of carbonyl (C=O) groups is 1. The highest BCUT2D eigenvalue weighted by Gasteiger charge is 2.33. The molecule has 10 heteroatoms. The Kier molecular flexibility index (Phi) is 10.1. The Morgan fingerprint density at radius 1 is 1.42 bits per heavy atom. The molecule has 0 aromatic carbocycles. The van der Waals surface area contributed by atoms with E-state index in [4.69, 9.17) is 0 Å². The first kappa shape index (κ1) is 25.9. The number of thioether (sulfide) groups is 1. The highest BCUT2D eigenvalue weighted by molar-refractivity contribution is 8.01. The zero-order valence-electron chi connectivity index (χ0n) is 17.5. The van der Waals surface area contributed by atoms with Crippen LogP contribution in [0.4, 0.5) is 13.2 Å². The van der Waals surface area contributed by atoms with Gasteiger partial charge in [-0.1, -0.05) is 23.9 Å². The van der Waals surface area contributed by atoms with Gasteiger partial charge in [-0.05, 0) is 50.9 Å². The summed E-state index contributed by atoms with van der Waals surface area (Å²) in [5.74, 6) is -1.01. The van der Waals surface area contributed by atoms with E-state index < -0.39 is 36.0 Å². The number of esters is 1. The van der Waals surface area contributed by atoms with Crippen LogP contribution in [0.2, 0.25) is 0 Å². The summed E-state index contributed by atoms with van der Waals surface area (Å²) in [7, 11) is 1.31. The van der Waals surface area contributed by atoms with Crippen molar-refractivity contribution in [3.05, 3.63) is 35.1 Å². The van der Waals surface area contributed by atoms with E-state index in [0.717, 1.165) is 22.9 Å². The summed E-state index contributed by atoms with van der Waals surface area (Å²) in [5.41, 5.74) is -0.998. The van der Waals surface area contributed by atoms with Gasteiger partial charge in [-0.25, -0.2) is 14.2 Å². The van der Waals surface area contributed by atoms with Gasteiger partial charge in [-0.2, -0.15) is 8.78 Å². The molecular weight excluding hydrogens is 451 g/mol. The van der Waals surface area contributed by atoms with E-state index in [0.29, 0.717) is 6.42 Å². The predicted octanol–water partition coefficient (Wildman–Crippen LogP) is 5.35. The number of nitrogens with zero attached hydrogens (tertiary/aromatic N) is 1. The average Bonchev–Trinajstić information content (AvgIpc) is 3.33. The Labute approximate surface area is 188 Å². The number of halogens is 3. The minimum Gasteiger partial charge on any atom is -0.464 e. The fourth-order valence-corrected chi connectivity index (χ4v) is 5.51. The Morgan fingerprint density at radius 3 is 2.84 bits per heavy atom. The third-order valence-electron chi connectivity index (χ3n) is 5.42. The second-order valence-corrected chi connectivity index (χ2v) is 10.1. The van der Waals surface area contributed by atoms with Crippen molar-refractivity contribution in [2.75, 3.05) is 12.9 Å². The van der Waals surface area contributed by atoms with Gasteiger partial charge in [-0.3, -0.25) is 0 Å². The van der Waals surface area contributed by atoms with Crippen LogP contribution in [0.25, 0.3) is 0 Å². The average molecular weight is 480 g/mol. The van der Waals surface area contributed by atoms with Gasteiger partial charge in [0.15, 0.2) is 15.9 Å². The number of hydrogen-bond donors (Lipinski definition) is 2. The molecule has 0 aliphatic heterocycles. The third kappa shape index (κ3) is 8.25. The number of allylic oxidation sites excluding steroid dienone is 2. The Bertz CT molecular complexity index is 793. The van der Waals surface area contributed by atoms with Crippen LogP contribution < -0.4 is 0 Å². The fourth-order valence-electron chi connectivity index (χ4n) is 3.60. The van der Waals surface area contributed by atoms with Crippen LogP contribution in [0.1, 0.15) is 55.9 Å². The molecule has 1 aromatic heterocycles. The van der Waals surface area contributed by atoms with Gasteiger partial charge in [0.05, 0.1) is 18.8 Å². The number of methoxy groups -OCH3 is 1. The van der Waals surface area contributed by atoms with Crippen molar-refractivity contribution in [3.63, 3.8) is 0 Å². The molecule has 1 aromatic rings. The summed E-state index contributed by atoms with van der Waals surface area (Å²) in [6.07, 6.45) is 2.89. The molecule has 0 amide bonds. The van der Waals surface area contributed by atoms with E-state index in [2.05, 4.69) is 9.72 Å². The highest BCUT2D eigenvalue weighted by Crippen LogP contribution is 2.37. The highest BCUT2D eigenvalue weighted by atomic mass is 32.2. The van der Waals surface area contributed by atoms with Gasteiger partial charge >= 0.3 is 12.0 Å². The van der Waals surface area contributed by atoms with Crippen molar-refractivity contribution in [2.45, 2.75) is 61.5 Å². The zero-order valence-corrected chi connectivity index (χ0v) is 19.2. The number of ether oxygens (including phenoxy) is 1. The second-order valence-electron chi connectivity index (χ2n) is 7.89. The van der Waals surface area contributed by atoms with Crippen molar-refractivity contribution >= 4 is 29.1 Å². The molecule has 1 fully saturated rings. The summed E-state index contributed by atoms with van der Waals surface area (Å²) >= 11 is 2.90. The van der Waals surface area contributed by atoms with Gasteiger partial charge in [-0.15, -0.1) is 11.3 Å². The molecule has 5 nitrogen and oxygen atoms in total. The smallest absolute Gasteiger partial charge is 0.357 e. The molecule has 1 saturated carbocycles. The molecule has 0 saturated heterocycles. The topological polar surface area (TPSA) is 79.7 Å². The van der Waals surface area contributed by atoms with Crippen molar-refractivity contribution in [2.24, 2.45) is 11.8 Å². The summed E-state index contributed by atoms with van der Waals surface area (Å²) in [4.78, 5) is 15.7. The van der Waals surface area contributed by atoms with Gasteiger partial charge in [0.2, 0.25) is 0 Å². The lowest BCUT2D eigenvalue weighted by atomic mass is 9.90. The summed E-state index contributed by atoms with van der Waals surface area (Å²) in [5, 5.41) is 22.3. The lowest BCUT2D eigenvalue weighted by molar-refractivity contribution is 0.0521. The molecule has 2 N–H and O–H groups in total.